The van der Waals surface area contributed by atoms with E-state index in [9.17, 15) is 9.59 Å². The number of carboxylic acid groups (broad SMARTS) is 1. The lowest BCUT2D eigenvalue weighted by atomic mass is 10.1. The molecular weight excluding hydrogens is 198 g/mol. The van der Waals surface area contributed by atoms with Gasteiger partial charge in [0.1, 0.15) is 0 Å². The Balaban J connectivity index is 4.39. The van der Waals surface area contributed by atoms with Gasteiger partial charge >= 0.3 is 5.97 Å². The molecule has 0 aliphatic carbocycles. The van der Waals surface area contributed by atoms with Crippen LogP contribution < -0.4 is 0 Å². The van der Waals surface area contributed by atoms with Crippen molar-refractivity contribution >= 4 is 11.9 Å². The van der Waals surface area contributed by atoms with Crippen molar-refractivity contribution in [3.8, 4) is 0 Å². The Morgan fingerprint density at radius 2 is 1.80 bits per heavy atom. The van der Waals surface area contributed by atoms with Crippen molar-refractivity contribution in [2.75, 3.05) is 19.7 Å². The van der Waals surface area contributed by atoms with Crippen LogP contribution in [-0.4, -0.2) is 46.7 Å². The van der Waals surface area contributed by atoms with Crippen molar-refractivity contribution in [3.05, 3.63) is 0 Å². The maximum Gasteiger partial charge on any atom is 0.308 e. The smallest absolute Gasteiger partial charge is 0.308 e. The summed E-state index contributed by atoms with van der Waals surface area (Å²) in [4.78, 5) is 23.6. The quantitative estimate of drug-likeness (QED) is 0.665. The first-order valence-corrected chi connectivity index (χ1v) is 5.02. The zero-order chi connectivity index (χ0) is 12.0. The van der Waals surface area contributed by atoms with E-state index in [1.54, 1.807) is 20.8 Å². The first-order chi connectivity index (χ1) is 6.90. The minimum Gasteiger partial charge on any atom is -0.481 e. The summed E-state index contributed by atoms with van der Waals surface area (Å²) in [7, 11) is 0. The number of carboxylic acids is 1. The van der Waals surface area contributed by atoms with Crippen molar-refractivity contribution in [1.82, 2.24) is 4.90 Å². The standard InChI is InChI=1S/C10H19NO4/c1-7(2)9(13)11(4-5-12)6-8(3)10(14)15/h7-8,12H,4-6H2,1-3H3,(H,14,15). The van der Waals surface area contributed by atoms with Crippen molar-refractivity contribution in [2.45, 2.75) is 20.8 Å². The van der Waals surface area contributed by atoms with Crippen LogP contribution in [0.4, 0.5) is 0 Å². The molecule has 2 N–H and O–H groups in total. The van der Waals surface area contributed by atoms with Crippen molar-refractivity contribution in [1.29, 1.82) is 0 Å². The zero-order valence-corrected chi connectivity index (χ0v) is 9.43. The molecule has 0 radical (unpaired) electrons. The number of carbonyl (C=O) groups is 2. The molecule has 0 aromatic carbocycles. The average Bonchev–Trinajstić information content (AvgIpc) is 2.15. The van der Waals surface area contributed by atoms with Gasteiger partial charge in [-0.05, 0) is 0 Å². The predicted molar refractivity (Wildman–Crippen MR) is 55.3 cm³/mol. The van der Waals surface area contributed by atoms with Gasteiger partial charge in [0.2, 0.25) is 5.91 Å². The summed E-state index contributed by atoms with van der Waals surface area (Å²) in [5.74, 6) is -1.86. The molecule has 0 bridgehead atoms. The van der Waals surface area contributed by atoms with E-state index >= 15 is 0 Å². The average molecular weight is 217 g/mol. The van der Waals surface area contributed by atoms with Crippen LogP contribution in [0, 0.1) is 11.8 Å². The van der Waals surface area contributed by atoms with Crippen LogP contribution >= 0.6 is 0 Å². The third-order valence-electron chi connectivity index (χ3n) is 2.09. The number of amides is 1. The Morgan fingerprint density at radius 3 is 2.13 bits per heavy atom. The predicted octanol–water partition coefficient (Wildman–Crippen LogP) is 0.184. The fourth-order valence-electron chi connectivity index (χ4n) is 1.19. The Hall–Kier alpha value is -1.10. The molecule has 15 heavy (non-hydrogen) atoms. The van der Waals surface area contributed by atoms with Gasteiger partial charge in [0.25, 0.3) is 0 Å². The van der Waals surface area contributed by atoms with E-state index < -0.39 is 11.9 Å². The summed E-state index contributed by atoms with van der Waals surface area (Å²) < 4.78 is 0. The second kappa shape index (κ2) is 6.40. The highest BCUT2D eigenvalue weighted by Gasteiger charge is 2.21. The molecule has 0 saturated carbocycles. The first kappa shape index (κ1) is 13.9. The molecule has 88 valence electrons. The molecule has 0 aromatic rings. The first-order valence-electron chi connectivity index (χ1n) is 5.02. The lowest BCUT2D eigenvalue weighted by molar-refractivity contribution is -0.144. The summed E-state index contributed by atoms with van der Waals surface area (Å²) >= 11 is 0. The molecule has 0 heterocycles. The van der Waals surface area contributed by atoms with Crippen LogP contribution in [0.15, 0.2) is 0 Å². The van der Waals surface area contributed by atoms with Gasteiger partial charge < -0.3 is 15.1 Å². The summed E-state index contributed by atoms with van der Waals surface area (Å²) in [6.07, 6.45) is 0. The second-order valence-electron chi connectivity index (χ2n) is 3.90. The molecule has 1 unspecified atom stereocenters. The molecule has 0 aliphatic heterocycles. The van der Waals surface area contributed by atoms with Gasteiger partial charge in [-0.3, -0.25) is 9.59 Å². The lowest BCUT2D eigenvalue weighted by Gasteiger charge is -2.25. The van der Waals surface area contributed by atoms with E-state index in [1.165, 1.54) is 4.90 Å². The maximum atomic E-state index is 11.6. The van der Waals surface area contributed by atoms with Gasteiger partial charge in [0.15, 0.2) is 0 Å². The molecule has 0 aromatic heterocycles. The Kier molecular flexibility index (Phi) is 5.93. The summed E-state index contributed by atoms with van der Waals surface area (Å²) in [5.41, 5.74) is 0. The monoisotopic (exact) mass is 217 g/mol. The van der Waals surface area contributed by atoms with E-state index in [0.29, 0.717) is 0 Å². The van der Waals surface area contributed by atoms with E-state index in [1.807, 2.05) is 0 Å². The van der Waals surface area contributed by atoms with Crippen LogP contribution in [0.5, 0.6) is 0 Å². The molecule has 0 fully saturated rings. The van der Waals surface area contributed by atoms with Crippen molar-refractivity contribution in [2.24, 2.45) is 11.8 Å². The number of hydrogen-bond acceptors (Lipinski definition) is 3. The molecule has 0 saturated heterocycles. The van der Waals surface area contributed by atoms with Crippen LogP contribution in [0.3, 0.4) is 0 Å². The number of aliphatic carboxylic acids is 1. The van der Waals surface area contributed by atoms with Gasteiger partial charge in [0, 0.05) is 19.0 Å². The van der Waals surface area contributed by atoms with Crippen LogP contribution in [-0.2, 0) is 9.59 Å². The summed E-state index contributed by atoms with van der Waals surface area (Å²) in [6, 6.07) is 0. The molecule has 1 atom stereocenters. The molecule has 5 heteroatoms. The van der Waals surface area contributed by atoms with Gasteiger partial charge in [-0.1, -0.05) is 20.8 Å². The van der Waals surface area contributed by atoms with E-state index in [0.717, 1.165) is 0 Å². The molecule has 5 nitrogen and oxygen atoms in total. The van der Waals surface area contributed by atoms with Crippen LogP contribution in [0.25, 0.3) is 0 Å². The Morgan fingerprint density at radius 1 is 1.27 bits per heavy atom. The van der Waals surface area contributed by atoms with Gasteiger partial charge in [0.05, 0.1) is 12.5 Å². The zero-order valence-electron chi connectivity index (χ0n) is 9.43. The van der Waals surface area contributed by atoms with Crippen LogP contribution in [0.2, 0.25) is 0 Å². The fourth-order valence-corrected chi connectivity index (χ4v) is 1.19. The van der Waals surface area contributed by atoms with Crippen molar-refractivity contribution in [3.63, 3.8) is 0 Å². The molecule has 0 spiro atoms. The highest BCUT2D eigenvalue weighted by atomic mass is 16.4. The topological polar surface area (TPSA) is 77.8 Å². The third kappa shape index (κ3) is 4.78. The van der Waals surface area contributed by atoms with E-state index in [4.69, 9.17) is 10.2 Å². The minimum atomic E-state index is -0.936. The van der Waals surface area contributed by atoms with E-state index in [-0.39, 0.29) is 31.5 Å². The van der Waals surface area contributed by atoms with Gasteiger partial charge in [-0.25, -0.2) is 0 Å². The highest BCUT2D eigenvalue weighted by molar-refractivity contribution is 5.79. The summed E-state index contributed by atoms with van der Waals surface area (Å²) in [5, 5.41) is 17.5. The Labute approximate surface area is 89.7 Å². The number of nitrogens with zero attached hydrogens (tertiary/aromatic N) is 1. The van der Waals surface area contributed by atoms with Gasteiger partial charge in [-0.15, -0.1) is 0 Å². The Bertz CT molecular complexity index is 227. The van der Waals surface area contributed by atoms with E-state index in [2.05, 4.69) is 0 Å². The molecule has 1 amide bonds. The number of aliphatic hydroxyl groups is 1. The van der Waals surface area contributed by atoms with Crippen LogP contribution in [0.1, 0.15) is 20.8 Å². The highest BCUT2D eigenvalue weighted by Crippen LogP contribution is 2.05. The number of carbonyl (C=O) groups excluding carboxylic acids is 1. The fraction of sp³-hybridized carbons (Fsp3) is 0.800. The molecular formula is C10H19NO4. The molecule has 0 rings (SSSR count). The molecule has 0 aliphatic rings. The number of rotatable bonds is 6. The van der Waals surface area contributed by atoms with Crippen molar-refractivity contribution < 1.29 is 19.8 Å². The second-order valence-corrected chi connectivity index (χ2v) is 3.90. The summed E-state index contributed by atoms with van der Waals surface area (Å²) in [6.45, 7) is 5.23. The normalized spacial score (nSPS) is 12.6. The lowest BCUT2D eigenvalue weighted by Crippen LogP contribution is -2.40. The largest absolute Gasteiger partial charge is 0.481 e. The number of hydrogen-bond donors (Lipinski definition) is 2. The number of aliphatic hydroxyl groups excluding tert-OH is 1. The maximum absolute atomic E-state index is 11.6. The third-order valence-corrected chi connectivity index (χ3v) is 2.09. The SMILES string of the molecule is CC(C)C(=O)N(CCO)CC(C)C(=O)O. The van der Waals surface area contributed by atoms with Gasteiger partial charge in [-0.2, -0.15) is 0 Å². The minimum absolute atomic E-state index is 0.128.